The van der Waals surface area contributed by atoms with Crippen LogP contribution in [0.4, 0.5) is 8.78 Å². The van der Waals surface area contributed by atoms with Gasteiger partial charge in [0.25, 0.3) is 0 Å². The van der Waals surface area contributed by atoms with E-state index in [9.17, 15) is 8.78 Å². The Bertz CT molecular complexity index is 779. The number of ether oxygens (including phenoxy) is 1. The van der Waals surface area contributed by atoms with Crippen LogP contribution in [0.2, 0.25) is 0 Å². The molecule has 21 heavy (non-hydrogen) atoms. The SMILES string of the molecule is Fc1cc(CCl)cc(F)c1Oc1cccc2cccnc12. The quantitative estimate of drug-likeness (QED) is 0.632. The zero-order chi connectivity index (χ0) is 14.8. The Morgan fingerprint density at radius 2 is 1.76 bits per heavy atom. The van der Waals surface area contributed by atoms with E-state index in [4.69, 9.17) is 16.3 Å². The van der Waals surface area contributed by atoms with E-state index in [1.165, 1.54) is 0 Å². The fourth-order valence-corrected chi connectivity index (χ4v) is 2.21. The molecule has 0 aliphatic carbocycles. The van der Waals surface area contributed by atoms with Gasteiger partial charge in [0.05, 0.1) is 0 Å². The third kappa shape index (κ3) is 2.67. The number of alkyl halides is 1. The number of para-hydroxylation sites is 1. The molecule has 0 aliphatic heterocycles. The summed E-state index contributed by atoms with van der Waals surface area (Å²) in [7, 11) is 0. The molecule has 1 heterocycles. The Kier molecular flexibility index (Phi) is 3.71. The van der Waals surface area contributed by atoms with Crippen LogP contribution >= 0.6 is 11.6 Å². The minimum absolute atomic E-state index is 0.0317. The van der Waals surface area contributed by atoms with Gasteiger partial charge < -0.3 is 4.74 Å². The fraction of sp³-hybridized carbons (Fsp3) is 0.0625. The summed E-state index contributed by atoms with van der Waals surface area (Å²) in [5.41, 5.74) is 0.898. The van der Waals surface area contributed by atoms with E-state index in [1.807, 2.05) is 12.1 Å². The lowest BCUT2D eigenvalue weighted by Gasteiger charge is -2.10. The molecule has 0 atom stereocenters. The van der Waals surface area contributed by atoms with Crippen molar-refractivity contribution in [3.8, 4) is 11.5 Å². The second kappa shape index (κ2) is 5.66. The Balaban J connectivity index is 2.07. The van der Waals surface area contributed by atoms with Gasteiger partial charge in [-0.2, -0.15) is 0 Å². The molecule has 0 spiro atoms. The van der Waals surface area contributed by atoms with Crippen LogP contribution in [0.25, 0.3) is 10.9 Å². The lowest BCUT2D eigenvalue weighted by atomic mass is 10.2. The monoisotopic (exact) mass is 305 g/mol. The molecule has 0 N–H and O–H groups in total. The van der Waals surface area contributed by atoms with Crippen LogP contribution in [-0.2, 0) is 5.88 Å². The summed E-state index contributed by atoms with van der Waals surface area (Å²) < 4.78 is 33.3. The second-order valence-corrected chi connectivity index (χ2v) is 4.72. The zero-order valence-corrected chi connectivity index (χ0v) is 11.6. The molecule has 0 unspecified atom stereocenters. The standard InChI is InChI=1S/C16H10ClF2NO/c17-9-10-7-12(18)16(13(19)8-10)21-14-5-1-3-11-4-2-6-20-15(11)14/h1-8H,9H2. The van der Waals surface area contributed by atoms with Gasteiger partial charge in [0.15, 0.2) is 23.1 Å². The van der Waals surface area contributed by atoms with Gasteiger partial charge >= 0.3 is 0 Å². The minimum atomic E-state index is -0.793. The molecule has 0 fully saturated rings. The average molecular weight is 306 g/mol. The molecule has 2 nitrogen and oxygen atoms in total. The molecular formula is C16H10ClF2NO. The Labute approximate surface area is 125 Å². The lowest BCUT2D eigenvalue weighted by molar-refractivity contribution is 0.409. The van der Waals surface area contributed by atoms with Crippen molar-refractivity contribution in [1.82, 2.24) is 4.98 Å². The summed E-state index contributed by atoms with van der Waals surface area (Å²) in [5.74, 6) is -1.71. The van der Waals surface area contributed by atoms with Crippen LogP contribution in [0.15, 0.2) is 48.7 Å². The number of hydrogen-bond donors (Lipinski definition) is 0. The largest absolute Gasteiger partial charge is 0.449 e. The molecule has 0 saturated heterocycles. The van der Waals surface area contributed by atoms with Gasteiger partial charge in [-0.1, -0.05) is 18.2 Å². The van der Waals surface area contributed by atoms with Crippen LogP contribution in [0.1, 0.15) is 5.56 Å². The van der Waals surface area contributed by atoms with Crippen LogP contribution in [0.5, 0.6) is 11.5 Å². The van der Waals surface area contributed by atoms with Crippen molar-refractivity contribution in [3.63, 3.8) is 0 Å². The highest BCUT2D eigenvalue weighted by atomic mass is 35.5. The first-order chi connectivity index (χ1) is 10.2. The molecule has 0 saturated carbocycles. The van der Waals surface area contributed by atoms with Crippen molar-refractivity contribution in [3.05, 3.63) is 65.9 Å². The van der Waals surface area contributed by atoms with Crippen molar-refractivity contribution in [2.75, 3.05) is 0 Å². The van der Waals surface area contributed by atoms with Gasteiger partial charge in [-0.05, 0) is 29.8 Å². The Hall–Kier alpha value is -2.20. The number of halogens is 3. The summed E-state index contributed by atoms with van der Waals surface area (Å²) in [5, 5.41) is 0.827. The highest BCUT2D eigenvalue weighted by Gasteiger charge is 2.15. The van der Waals surface area contributed by atoms with Gasteiger partial charge in [0, 0.05) is 17.5 Å². The summed E-state index contributed by atoms with van der Waals surface area (Å²) in [6, 6.07) is 11.1. The zero-order valence-electron chi connectivity index (χ0n) is 10.8. The van der Waals surface area contributed by atoms with E-state index in [0.29, 0.717) is 16.8 Å². The Morgan fingerprint density at radius 3 is 2.48 bits per heavy atom. The van der Waals surface area contributed by atoms with Crippen LogP contribution < -0.4 is 4.74 Å². The second-order valence-electron chi connectivity index (χ2n) is 4.46. The number of rotatable bonds is 3. The maximum absolute atomic E-state index is 13.9. The van der Waals surface area contributed by atoms with Gasteiger partial charge in [-0.25, -0.2) is 8.78 Å². The summed E-state index contributed by atoms with van der Waals surface area (Å²) >= 11 is 5.58. The summed E-state index contributed by atoms with van der Waals surface area (Å²) in [6.45, 7) is 0. The van der Waals surface area contributed by atoms with E-state index in [2.05, 4.69) is 4.98 Å². The Morgan fingerprint density at radius 1 is 1.05 bits per heavy atom. The lowest BCUT2D eigenvalue weighted by Crippen LogP contribution is -1.96. The number of nitrogens with zero attached hydrogens (tertiary/aromatic N) is 1. The molecule has 3 rings (SSSR count). The van der Waals surface area contributed by atoms with E-state index in [-0.39, 0.29) is 5.88 Å². The van der Waals surface area contributed by atoms with Crippen molar-refractivity contribution in [2.45, 2.75) is 5.88 Å². The first-order valence-corrected chi connectivity index (χ1v) is 6.78. The normalized spacial score (nSPS) is 10.8. The minimum Gasteiger partial charge on any atom is -0.449 e. The summed E-state index contributed by atoms with van der Waals surface area (Å²) in [4.78, 5) is 4.18. The molecule has 1 aromatic heterocycles. The average Bonchev–Trinajstić information content (AvgIpc) is 2.50. The van der Waals surface area contributed by atoms with E-state index in [0.717, 1.165) is 17.5 Å². The van der Waals surface area contributed by atoms with E-state index in [1.54, 1.807) is 24.4 Å². The molecule has 0 amide bonds. The van der Waals surface area contributed by atoms with Gasteiger partial charge in [0.2, 0.25) is 0 Å². The molecule has 2 aromatic carbocycles. The van der Waals surface area contributed by atoms with Crippen LogP contribution in [0, 0.1) is 11.6 Å². The smallest absolute Gasteiger partial charge is 0.198 e. The predicted octanol–water partition coefficient (Wildman–Crippen LogP) is 5.04. The van der Waals surface area contributed by atoms with E-state index < -0.39 is 17.4 Å². The molecule has 106 valence electrons. The molecule has 0 radical (unpaired) electrons. The fourth-order valence-electron chi connectivity index (χ4n) is 2.06. The van der Waals surface area contributed by atoms with Crippen molar-refractivity contribution in [2.24, 2.45) is 0 Å². The van der Waals surface area contributed by atoms with E-state index >= 15 is 0 Å². The molecule has 5 heteroatoms. The number of benzene rings is 2. The number of pyridine rings is 1. The number of fused-ring (bicyclic) bond motifs is 1. The van der Waals surface area contributed by atoms with Crippen molar-refractivity contribution in [1.29, 1.82) is 0 Å². The first-order valence-electron chi connectivity index (χ1n) is 6.24. The number of hydrogen-bond acceptors (Lipinski definition) is 2. The third-order valence-corrected chi connectivity index (χ3v) is 3.33. The highest BCUT2D eigenvalue weighted by molar-refractivity contribution is 6.17. The summed E-state index contributed by atoms with van der Waals surface area (Å²) in [6.07, 6.45) is 1.60. The van der Waals surface area contributed by atoms with Gasteiger partial charge in [-0.3, -0.25) is 4.98 Å². The topological polar surface area (TPSA) is 22.1 Å². The molecule has 0 aliphatic rings. The molecule has 0 bridgehead atoms. The highest BCUT2D eigenvalue weighted by Crippen LogP contribution is 2.32. The maximum atomic E-state index is 13.9. The number of aromatic nitrogens is 1. The van der Waals surface area contributed by atoms with Gasteiger partial charge in [-0.15, -0.1) is 11.6 Å². The first kappa shape index (κ1) is 13.8. The third-order valence-electron chi connectivity index (χ3n) is 3.02. The molecular weight excluding hydrogens is 296 g/mol. The predicted molar refractivity (Wildman–Crippen MR) is 77.7 cm³/mol. The van der Waals surface area contributed by atoms with Crippen molar-refractivity contribution >= 4 is 22.5 Å². The van der Waals surface area contributed by atoms with Gasteiger partial charge in [0.1, 0.15) is 5.52 Å². The molecule has 3 aromatic rings. The van der Waals surface area contributed by atoms with Crippen molar-refractivity contribution < 1.29 is 13.5 Å². The maximum Gasteiger partial charge on any atom is 0.198 e. The van der Waals surface area contributed by atoms with Crippen LogP contribution in [0.3, 0.4) is 0 Å². The van der Waals surface area contributed by atoms with Crippen LogP contribution in [-0.4, -0.2) is 4.98 Å².